The number of oxime groups is 1. The average Bonchev–Trinajstić information content (AvgIpc) is 2.64. The third kappa shape index (κ3) is 6.17. The van der Waals surface area contributed by atoms with Gasteiger partial charge in [0.2, 0.25) is 0 Å². The summed E-state index contributed by atoms with van der Waals surface area (Å²) in [6.07, 6.45) is 4.93. The summed E-state index contributed by atoms with van der Waals surface area (Å²) in [7, 11) is 0. The van der Waals surface area contributed by atoms with Crippen molar-refractivity contribution in [3.63, 3.8) is 0 Å². The number of benzene rings is 2. The van der Waals surface area contributed by atoms with Crippen LogP contribution in [0.15, 0.2) is 65.8 Å². The number of unbranched alkanes of at least 4 members (excludes halogenated alkanes) is 3. The summed E-state index contributed by atoms with van der Waals surface area (Å²) in [5, 5.41) is 14.3. The third-order valence-electron chi connectivity index (χ3n) is 3.91. The van der Waals surface area contributed by atoms with Gasteiger partial charge in [0.05, 0.1) is 6.10 Å². The van der Waals surface area contributed by atoms with Crippen LogP contribution in [0, 0.1) is 0 Å². The van der Waals surface area contributed by atoms with Crippen LogP contribution in [-0.4, -0.2) is 23.5 Å². The second-order valence-electron chi connectivity index (χ2n) is 5.97. The molecule has 1 atom stereocenters. The Kier molecular flexibility index (Phi) is 8.05. The van der Waals surface area contributed by atoms with Crippen LogP contribution >= 0.6 is 0 Å². The fraction of sp³-hybridized carbons (Fsp3) is 0.381. The molecular weight excluding hydrogens is 298 g/mol. The molecule has 0 aliphatic rings. The molecule has 2 aromatic rings. The predicted octanol–water partition coefficient (Wildman–Crippen LogP) is 4.79. The van der Waals surface area contributed by atoms with E-state index in [2.05, 4.69) is 12.1 Å². The first-order valence-electron chi connectivity index (χ1n) is 8.80. The maximum absolute atomic E-state index is 10.0. The SMILES string of the molecule is CCCCCCC(O)CON=C(c1ccccc1)c1ccccc1. The summed E-state index contributed by atoms with van der Waals surface area (Å²) in [6, 6.07) is 19.9. The highest BCUT2D eigenvalue weighted by molar-refractivity contribution is 6.12. The first-order chi connectivity index (χ1) is 11.8. The highest BCUT2D eigenvalue weighted by Gasteiger charge is 2.09. The summed E-state index contributed by atoms with van der Waals surface area (Å²) in [5.74, 6) is 0. The molecule has 0 radical (unpaired) electrons. The van der Waals surface area contributed by atoms with Crippen LogP contribution in [0.25, 0.3) is 0 Å². The molecule has 0 aliphatic carbocycles. The molecule has 0 amide bonds. The zero-order chi connectivity index (χ0) is 17.0. The molecule has 3 nitrogen and oxygen atoms in total. The predicted molar refractivity (Wildman–Crippen MR) is 99.2 cm³/mol. The van der Waals surface area contributed by atoms with Crippen LogP contribution < -0.4 is 0 Å². The molecule has 0 aliphatic heterocycles. The lowest BCUT2D eigenvalue weighted by Gasteiger charge is -2.11. The molecule has 3 heteroatoms. The van der Waals surface area contributed by atoms with Crippen molar-refractivity contribution in [2.75, 3.05) is 6.61 Å². The highest BCUT2D eigenvalue weighted by atomic mass is 16.6. The average molecular weight is 325 g/mol. The van der Waals surface area contributed by atoms with Gasteiger partial charge in [-0.25, -0.2) is 0 Å². The Balaban J connectivity index is 1.97. The monoisotopic (exact) mass is 325 g/mol. The number of hydrogen-bond acceptors (Lipinski definition) is 3. The number of rotatable bonds is 10. The van der Waals surface area contributed by atoms with E-state index in [1.165, 1.54) is 12.8 Å². The molecule has 1 N–H and O–H groups in total. The lowest BCUT2D eigenvalue weighted by Crippen LogP contribution is -2.14. The van der Waals surface area contributed by atoms with Crippen LogP contribution in [0.5, 0.6) is 0 Å². The van der Waals surface area contributed by atoms with E-state index in [0.29, 0.717) is 0 Å². The lowest BCUT2D eigenvalue weighted by atomic mass is 10.0. The van der Waals surface area contributed by atoms with Crippen molar-refractivity contribution in [1.29, 1.82) is 0 Å². The fourth-order valence-electron chi connectivity index (χ4n) is 2.54. The number of nitrogens with zero attached hydrogens (tertiary/aromatic N) is 1. The highest BCUT2D eigenvalue weighted by Crippen LogP contribution is 2.12. The van der Waals surface area contributed by atoms with E-state index in [1.54, 1.807) is 0 Å². The van der Waals surface area contributed by atoms with Crippen molar-refractivity contribution in [2.45, 2.75) is 45.1 Å². The van der Waals surface area contributed by atoms with Gasteiger partial charge >= 0.3 is 0 Å². The molecule has 0 aromatic heterocycles. The molecule has 0 spiro atoms. The molecule has 0 saturated heterocycles. The summed E-state index contributed by atoms with van der Waals surface area (Å²) in [5.41, 5.74) is 2.79. The second-order valence-corrected chi connectivity index (χ2v) is 5.97. The van der Waals surface area contributed by atoms with E-state index >= 15 is 0 Å². The topological polar surface area (TPSA) is 41.8 Å². The Labute approximate surface area is 145 Å². The van der Waals surface area contributed by atoms with Crippen molar-refractivity contribution in [3.05, 3.63) is 71.8 Å². The van der Waals surface area contributed by atoms with Crippen molar-refractivity contribution in [1.82, 2.24) is 0 Å². The summed E-state index contributed by atoms with van der Waals surface area (Å²) in [4.78, 5) is 5.46. The summed E-state index contributed by atoms with van der Waals surface area (Å²) >= 11 is 0. The fourth-order valence-corrected chi connectivity index (χ4v) is 2.54. The smallest absolute Gasteiger partial charge is 0.143 e. The number of hydrogen-bond donors (Lipinski definition) is 1. The van der Waals surface area contributed by atoms with Gasteiger partial charge in [0.1, 0.15) is 12.3 Å². The van der Waals surface area contributed by atoms with Gasteiger partial charge in [0.15, 0.2) is 0 Å². The minimum atomic E-state index is -0.460. The summed E-state index contributed by atoms with van der Waals surface area (Å²) in [6.45, 7) is 2.41. The molecule has 2 rings (SSSR count). The largest absolute Gasteiger partial charge is 0.393 e. The van der Waals surface area contributed by atoms with E-state index < -0.39 is 6.10 Å². The first kappa shape index (κ1) is 18.2. The van der Waals surface area contributed by atoms with E-state index in [-0.39, 0.29) is 6.61 Å². The van der Waals surface area contributed by atoms with Gasteiger partial charge in [0.25, 0.3) is 0 Å². The molecular formula is C21H27NO2. The van der Waals surface area contributed by atoms with Gasteiger partial charge in [0, 0.05) is 11.1 Å². The van der Waals surface area contributed by atoms with Crippen LogP contribution in [-0.2, 0) is 4.84 Å². The summed E-state index contributed by atoms with van der Waals surface area (Å²) < 4.78 is 0. The molecule has 24 heavy (non-hydrogen) atoms. The molecule has 128 valence electrons. The van der Waals surface area contributed by atoms with Gasteiger partial charge < -0.3 is 9.94 Å². The molecule has 0 heterocycles. The second kappa shape index (κ2) is 10.6. The van der Waals surface area contributed by atoms with Crippen molar-refractivity contribution >= 4 is 5.71 Å². The Morgan fingerprint density at radius 3 is 2.04 bits per heavy atom. The van der Waals surface area contributed by atoms with E-state index in [1.807, 2.05) is 60.7 Å². The standard InChI is InChI=1S/C21H27NO2/c1-2-3-4-11-16-20(23)17-24-22-21(18-12-7-5-8-13-18)19-14-9-6-10-15-19/h5-10,12-15,20,23H,2-4,11,16-17H2,1H3. The van der Waals surface area contributed by atoms with E-state index in [9.17, 15) is 5.11 Å². The molecule has 1 unspecified atom stereocenters. The molecule has 0 bridgehead atoms. The number of aliphatic hydroxyl groups excluding tert-OH is 1. The normalized spacial score (nSPS) is 11.8. The van der Waals surface area contributed by atoms with Gasteiger partial charge in [-0.1, -0.05) is 98.4 Å². The van der Waals surface area contributed by atoms with E-state index in [0.717, 1.165) is 36.1 Å². The maximum Gasteiger partial charge on any atom is 0.143 e. The maximum atomic E-state index is 10.0. The van der Waals surface area contributed by atoms with Gasteiger partial charge in [-0.3, -0.25) is 0 Å². The van der Waals surface area contributed by atoms with Crippen molar-refractivity contribution in [3.8, 4) is 0 Å². The van der Waals surface area contributed by atoms with Crippen LogP contribution in [0.2, 0.25) is 0 Å². The Morgan fingerprint density at radius 1 is 0.917 bits per heavy atom. The Bertz CT molecular complexity index is 554. The van der Waals surface area contributed by atoms with E-state index in [4.69, 9.17) is 4.84 Å². The van der Waals surface area contributed by atoms with Crippen LogP contribution in [0.1, 0.15) is 50.2 Å². The first-order valence-corrected chi connectivity index (χ1v) is 8.80. The van der Waals surface area contributed by atoms with Crippen LogP contribution in [0.4, 0.5) is 0 Å². The third-order valence-corrected chi connectivity index (χ3v) is 3.91. The molecule has 2 aromatic carbocycles. The quantitative estimate of drug-likeness (QED) is 0.388. The van der Waals surface area contributed by atoms with Gasteiger partial charge in [-0.2, -0.15) is 0 Å². The minimum Gasteiger partial charge on any atom is -0.393 e. The van der Waals surface area contributed by atoms with Crippen LogP contribution in [0.3, 0.4) is 0 Å². The molecule has 0 saturated carbocycles. The Hall–Kier alpha value is -2.13. The zero-order valence-corrected chi connectivity index (χ0v) is 14.4. The van der Waals surface area contributed by atoms with Gasteiger partial charge in [-0.15, -0.1) is 0 Å². The Morgan fingerprint density at radius 2 is 1.50 bits per heavy atom. The minimum absolute atomic E-state index is 0.231. The molecule has 0 fully saturated rings. The number of aliphatic hydroxyl groups is 1. The lowest BCUT2D eigenvalue weighted by molar-refractivity contribution is 0.0345. The van der Waals surface area contributed by atoms with Gasteiger partial charge in [-0.05, 0) is 6.42 Å². The van der Waals surface area contributed by atoms with Crippen molar-refractivity contribution < 1.29 is 9.94 Å². The zero-order valence-electron chi connectivity index (χ0n) is 14.4. The van der Waals surface area contributed by atoms with Crippen molar-refractivity contribution in [2.24, 2.45) is 5.16 Å².